The maximum absolute atomic E-state index is 2.79. The summed E-state index contributed by atoms with van der Waals surface area (Å²) in [4.78, 5) is 2.79. The highest BCUT2D eigenvalue weighted by Crippen LogP contribution is 2.32. The average Bonchev–Trinajstić information content (AvgIpc) is 2.74. The molecule has 0 aliphatic carbocycles. The van der Waals surface area contributed by atoms with E-state index in [0.717, 1.165) is 12.1 Å². The molecule has 3 rings (SSSR count). The summed E-state index contributed by atoms with van der Waals surface area (Å²) >= 11 is 0. The van der Waals surface area contributed by atoms with Crippen LogP contribution in [0.2, 0.25) is 0 Å². The van der Waals surface area contributed by atoms with Gasteiger partial charge in [-0.25, -0.2) is 0 Å². The maximum atomic E-state index is 2.79. The Labute approximate surface area is 98.5 Å². The van der Waals surface area contributed by atoms with Crippen molar-refractivity contribution < 1.29 is 0 Å². The molecule has 0 saturated carbocycles. The summed E-state index contributed by atoms with van der Waals surface area (Å²) < 4.78 is 0. The summed E-state index contributed by atoms with van der Waals surface area (Å²) in [6.07, 6.45) is 8.45. The predicted molar refractivity (Wildman–Crippen MR) is 67.5 cm³/mol. The Morgan fingerprint density at radius 2 is 1.88 bits per heavy atom. The van der Waals surface area contributed by atoms with Crippen molar-refractivity contribution in [1.82, 2.24) is 4.90 Å². The number of piperidine rings is 1. The van der Waals surface area contributed by atoms with Crippen LogP contribution in [0.5, 0.6) is 0 Å². The third-order valence-corrected chi connectivity index (χ3v) is 4.29. The minimum absolute atomic E-state index is 0.827. The lowest BCUT2D eigenvalue weighted by Gasteiger charge is -2.34. The van der Waals surface area contributed by atoms with Crippen molar-refractivity contribution in [2.45, 2.75) is 50.6 Å². The molecule has 0 amide bonds. The summed E-state index contributed by atoms with van der Waals surface area (Å²) in [6, 6.07) is 12.7. The van der Waals surface area contributed by atoms with E-state index in [-0.39, 0.29) is 0 Å². The number of hydrogen-bond acceptors (Lipinski definition) is 1. The lowest BCUT2D eigenvalue weighted by atomic mass is 10.0. The van der Waals surface area contributed by atoms with Crippen LogP contribution in [0.25, 0.3) is 0 Å². The van der Waals surface area contributed by atoms with Crippen LogP contribution in [0, 0.1) is 0 Å². The van der Waals surface area contributed by atoms with Crippen LogP contribution in [0.1, 0.15) is 37.7 Å². The normalized spacial score (nSPS) is 30.2. The molecular formula is C15H21N. The first kappa shape index (κ1) is 10.3. The monoisotopic (exact) mass is 215 g/mol. The lowest BCUT2D eigenvalue weighted by molar-refractivity contribution is 0.149. The Morgan fingerprint density at radius 3 is 2.75 bits per heavy atom. The summed E-state index contributed by atoms with van der Waals surface area (Å²) in [5.41, 5.74) is 1.51. The van der Waals surface area contributed by atoms with E-state index < -0.39 is 0 Å². The molecule has 16 heavy (non-hydrogen) atoms. The molecule has 0 bridgehead atoms. The molecule has 1 nitrogen and oxygen atoms in total. The van der Waals surface area contributed by atoms with Gasteiger partial charge in [0.25, 0.3) is 0 Å². The van der Waals surface area contributed by atoms with Crippen LogP contribution >= 0.6 is 0 Å². The average molecular weight is 215 g/mol. The quantitative estimate of drug-likeness (QED) is 0.732. The zero-order valence-corrected chi connectivity index (χ0v) is 9.94. The second kappa shape index (κ2) is 4.58. The summed E-state index contributed by atoms with van der Waals surface area (Å²) in [5, 5.41) is 0. The fraction of sp³-hybridized carbons (Fsp3) is 0.600. The SMILES string of the molecule is c1ccc(C[C@H]2CC[C@@H]3CCCCN32)cc1. The van der Waals surface area contributed by atoms with E-state index in [0.29, 0.717) is 0 Å². The highest BCUT2D eigenvalue weighted by atomic mass is 15.2. The number of nitrogens with zero attached hydrogens (tertiary/aromatic N) is 1. The van der Waals surface area contributed by atoms with Crippen molar-refractivity contribution in [3.8, 4) is 0 Å². The fourth-order valence-electron chi connectivity index (χ4n) is 3.47. The molecular weight excluding hydrogens is 194 g/mol. The molecule has 0 spiro atoms. The number of rotatable bonds is 2. The van der Waals surface area contributed by atoms with Crippen molar-refractivity contribution >= 4 is 0 Å². The molecule has 2 fully saturated rings. The number of fused-ring (bicyclic) bond motifs is 1. The van der Waals surface area contributed by atoms with E-state index in [1.807, 2.05) is 0 Å². The Hall–Kier alpha value is -0.820. The molecule has 2 aliphatic heterocycles. The first-order chi connectivity index (χ1) is 7.93. The van der Waals surface area contributed by atoms with Gasteiger partial charge in [-0.1, -0.05) is 36.8 Å². The van der Waals surface area contributed by atoms with Gasteiger partial charge < -0.3 is 0 Å². The number of hydrogen-bond donors (Lipinski definition) is 0. The molecule has 2 aliphatic rings. The Kier molecular flexibility index (Phi) is 2.96. The fourth-order valence-corrected chi connectivity index (χ4v) is 3.47. The molecule has 0 N–H and O–H groups in total. The van der Waals surface area contributed by atoms with Gasteiger partial charge in [-0.05, 0) is 44.2 Å². The summed E-state index contributed by atoms with van der Waals surface area (Å²) in [5.74, 6) is 0. The van der Waals surface area contributed by atoms with E-state index >= 15 is 0 Å². The molecule has 1 heteroatoms. The van der Waals surface area contributed by atoms with Crippen LogP contribution in [-0.2, 0) is 6.42 Å². The first-order valence-electron chi connectivity index (χ1n) is 6.73. The minimum Gasteiger partial charge on any atom is -0.297 e. The Balaban J connectivity index is 1.67. The van der Waals surface area contributed by atoms with Crippen LogP contribution in [0.15, 0.2) is 30.3 Å². The molecule has 2 heterocycles. The molecule has 86 valence electrons. The number of benzene rings is 1. The van der Waals surface area contributed by atoms with Crippen LogP contribution in [0.4, 0.5) is 0 Å². The Bertz CT molecular complexity index is 333. The van der Waals surface area contributed by atoms with E-state index in [1.165, 1.54) is 50.6 Å². The van der Waals surface area contributed by atoms with E-state index in [9.17, 15) is 0 Å². The lowest BCUT2D eigenvalue weighted by Crippen LogP contribution is -2.40. The standard InChI is InChI=1S/C15H21N/c1-2-6-13(7-3-1)12-15-10-9-14-8-4-5-11-16(14)15/h1-3,6-7,14-15H,4-5,8-12H2/t14-,15+/m0/s1. The second-order valence-electron chi connectivity index (χ2n) is 5.31. The van der Waals surface area contributed by atoms with E-state index in [2.05, 4.69) is 35.2 Å². The molecule has 0 aromatic heterocycles. The van der Waals surface area contributed by atoms with Crippen molar-refractivity contribution in [2.75, 3.05) is 6.54 Å². The van der Waals surface area contributed by atoms with Crippen molar-refractivity contribution in [2.24, 2.45) is 0 Å². The van der Waals surface area contributed by atoms with Crippen molar-refractivity contribution in [3.05, 3.63) is 35.9 Å². The predicted octanol–water partition coefficient (Wildman–Crippen LogP) is 3.25. The van der Waals surface area contributed by atoms with Crippen LogP contribution in [-0.4, -0.2) is 23.5 Å². The molecule has 2 saturated heterocycles. The zero-order chi connectivity index (χ0) is 10.8. The molecule has 0 radical (unpaired) electrons. The molecule has 2 atom stereocenters. The van der Waals surface area contributed by atoms with Gasteiger partial charge in [0.15, 0.2) is 0 Å². The molecule has 0 unspecified atom stereocenters. The van der Waals surface area contributed by atoms with Gasteiger partial charge in [-0.3, -0.25) is 4.90 Å². The third-order valence-electron chi connectivity index (χ3n) is 4.29. The smallest absolute Gasteiger partial charge is 0.0139 e. The van der Waals surface area contributed by atoms with Crippen LogP contribution < -0.4 is 0 Å². The van der Waals surface area contributed by atoms with Gasteiger partial charge in [-0.2, -0.15) is 0 Å². The largest absolute Gasteiger partial charge is 0.297 e. The van der Waals surface area contributed by atoms with E-state index in [4.69, 9.17) is 0 Å². The summed E-state index contributed by atoms with van der Waals surface area (Å²) in [6.45, 7) is 1.35. The van der Waals surface area contributed by atoms with Crippen LogP contribution in [0.3, 0.4) is 0 Å². The molecule has 1 aromatic carbocycles. The van der Waals surface area contributed by atoms with Crippen molar-refractivity contribution in [1.29, 1.82) is 0 Å². The van der Waals surface area contributed by atoms with E-state index in [1.54, 1.807) is 0 Å². The third kappa shape index (κ3) is 2.01. The van der Waals surface area contributed by atoms with Gasteiger partial charge in [0.05, 0.1) is 0 Å². The minimum atomic E-state index is 0.827. The zero-order valence-electron chi connectivity index (χ0n) is 9.94. The maximum Gasteiger partial charge on any atom is 0.0139 e. The Morgan fingerprint density at radius 1 is 1.00 bits per heavy atom. The highest BCUT2D eigenvalue weighted by Gasteiger charge is 2.34. The highest BCUT2D eigenvalue weighted by molar-refractivity contribution is 5.16. The summed E-state index contributed by atoms with van der Waals surface area (Å²) in [7, 11) is 0. The second-order valence-corrected chi connectivity index (χ2v) is 5.31. The van der Waals surface area contributed by atoms with Crippen molar-refractivity contribution in [3.63, 3.8) is 0 Å². The molecule has 1 aromatic rings. The van der Waals surface area contributed by atoms with Gasteiger partial charge in [0, 0.05) is 12.1 Å². The topological polar surface area (TPSA) is 3.24 Å². The van der Waals surface area contributed by atoms with Gasteiger partial charge in [0.1, 0.15) is 0 Å². The van der Waals surface area contributed by atoms with Gasteiger partial charge >= 0.3 is 0 Å². The first-order valence-corrected chi connectivity index (χ1v) is 6.73. The van der Waals surface area contributed by atoms with Gasteiger partial charge in [0.2, 0.25) is 0 Å². The van der Waals surface area contributed by atoms with Gasteiger partial charge in [-0.15, -0.1) is 0 Å².